The third-order valence-corrected chi connectivity index (χ3v) is 5.75. The molecule has 1 aromatic carbocycles. The summed E-state index contributed by atoms with van der Waals surface area (Å²) < 4.78 is 78.5. The first-order valence-corrected chi connectivity index (χ1v) is 11.8. The summed E-state index contributed by atoms with van der Waals surface area (Å²) in [4.78, 5) is 12.8. The second kappa shape index (κ2) is 10.6. The summed E-state index contributed by atoms with van der Waals surface area (Å²) >= 11 is 0. The number of anilines is 1. The number of halogens is 5. The molecular weight excluding hydrogens is 501 g/mol. The number of hydrogen-bond donors (Lipinski definition) is 1. The number of benzene rings is 1. The maximum atomic E-state index is 13.9. The zero-order valence-corrected chi connectivity index (χ0v) is 20.4. The van der Waals surface area contributed by atoms with Crippen LogP contribution in [-0.4, -0.2) is 38.6 Å². The average Bonchev–Trinajstić information content (AvgIpc) is 3.39. The SMILES string of the molecule is Cc1c(NC(=O)C[C@H](OCC(F)(F)F)c2nnc(-c3cc(CC(C)C)on3)n2C2CC2)ccc(F)c1F. The van der Waals surface area contributed by atoms with Crippen LogP contribution in [0.15, 0.2) is 22.7 Å². The van der Waals surface area contributed by atoms with Gasteiger partial charge in [0, 0.05) is 29.8 Å². The molecule has 0 bridgehead atoms. The van der Waals surface area contributed by atoms with E-state index in [0.29, 0.717) is 29.6 Å². The summed E-state index contributed by atoms with van der Waals surface area (Å²) in [7, 11) is 0. The van der Waals surface area contributed by atoms with E-state index in [1.54, 1.807) is 10.6 Å². The van der Waals surface area contributed by atoms with E-state index < -0.39 is 42.8 Å². The van der Waals surface area contributed by atoms with Gasteiger partial charge in [0.25, 0.3) is 0 Å². The van der Waals surface area contributed by atoms with Crippen molar-refractivity contribution >= 4 is 11.6 Å². The van der Waals surface area contributed by atoms with Crippen LogP contribution in [-0.2, 0) is 16.0 Å². The van der Waals surface area contributed by atoms with Crippen LogP contribution < -0.4 is 5.32 Å². The molecule has 13 heteroatoms. The number of amides is 1. The van der Waals surface area contributed by atoms with Gasteiger partial charge >= 0.3 is 6.18 Å². The smallest absolute Gasteiger partial charge is 0.361 e. The van der Waals surface area contributed by atoms with Crippen molar-refractivity contribution < 1.29 is 36.0 Å². The zero-order chi connectivity index (χ0) is 26.9. The second-order valence-corrected chi connectivity index (χ2v) is 9.46. The highest BCUT2D eigenvalue weighted by molar-refractivity contribution is 5.91. The molecule has 0 radical (unpaired) electrons. The van der Waals surface area contributed by atoms with E-state index in [2.05, 4.69) is 20.7 Å². The second-order valence-electron chi connectivity index (χ2n) is 9.46. The number of hydrogen-bond acceptors (Lipinski definition) is 6. The standard InChI is InChI=1S/C24H26F5N5O3/c1-12(2)8-15-9-18(33-37-15)22-31-32-23(34(22)14-4-5-14)19(36-11-24(27,28)29)10-20(35)30-17-7-6-16(25)21(26)13(17)3/h6-7,9,12,14,19H,4-5,8,10-11H2,1-3H3,(H,30,35)/t19-/m0/s1. The molecule has 1 amide bonds. The highest BCUT2D eigenvalue weighted by Crippen LogP contribution is 2.41. The van der Waals surface area contributed by atoms with Gasteiger partial charge in [0.2, 0.25) is 5.91 Å². The predicted molar refractivity (Wildman–Crippen MR) is 121 cm³/mol. The molecule has 1 saturated carbocycles. The Morgan fingerprint density at radius 3 is 2.62 bits per heavy atom. The van der Waals surface area contributed by atoms with Crippen molar-refractivity contribution in [1.82, 2.24) is 19.9 Å². The van der Waals surface area contributed by atoms with Gasteiger partial charge in [-0.25, -0.2) is 8.78 Å². The highest BCUT2D eigenvalue weighted by Gasteiger charge is 2.37. The monoisotopic (exact) mass is 527 g/mol. The van der Waals surface area contributed by atoms with Gasteiger partial charge in [0.15, 0.2) is 29.0 Å². The number of rotatable bonds is 10. The molecule has 37 heavy (non-hydrogen) atoms. The zero-order valence-electron chi connectivity index (χ0n) is 20.4. The van der Waals surface area contributed by atoms with E-state index in [1.807, 2.05) is 13.8 Å². The first-order valence-electron chi connectivity index (χ1n) is 11.8. The number of nitrogens with zero attached hydrogens (tertiary/aromatic N) is 4. The van der Waals surface area contributed by atoms with Crippen molar-refractivity contribution in [2.24, 2.45) is 5.92 Å². The van der Waals surface area contributed by atoms with Gasteiger partial charge in [-0.05, 0) is 37.8 Å². The van der Waals surface area contributed by atoms with Crippen LogP contribution >= 0.6 is 0 Å². The third-order valence-electron chi connectivity index (χ3n) is 5.75. The van der Waals surface area contributed by atoms with Crippen LogP contribution in [0, 0.1) is 24.5 Å². The van der Waals surface area contributed by atoms with Crippen molar-refractivity contribution in [3.63, 3.8) is 0 Å². The van der Waals surface area contributed by atoms with E-state index in [9.17, 15) is 26.7 Å². The topological polar surface area (TPSA) is 95.1 Å². The van der Waals surface area contributed by atoms with E-state index in [-0.39, 0.29) is 23.1 Å². The molecule has 1 aliphatic rings. The summed E-state index contributed by atoms with van der Waals surface area (Å²) in [5.41, 5.74) is 0.216. The van der Waals surface area contributed by atoms with Gasteiger partial charge in [0.1, 0.15) is 18.5 Å². The van der Waals surface area contributed by atoms with E-state index >= 15 is 0 Å². The van der Waals surface area contributed by atoms with Crippen molar-refractivity contribution in [2.75, 3.05) is 11.9 Å². The quantitative estimate of drug-likeness (QED) is 0.340. The minimum absolute atomic E-state index is 0.0110. The molecule has 0 unspecified atom stereocenters. The van der Waals surface area contributed by atoms with Crippen LogP contribution in [0.4, 0.5) is 27.6 Å². The molecule has 1 aliphatic carbocycles. The normalized spacial score (nSPS) is 14.8. The fourth-order valence-corrected chi connectivity index (χ4v) is 3.88. The first kappa shape index (κ1) is 26.7. The van der Waals surface area contributed by atoms with Crippen LogP contribution in [0.5, 0.6) is 0 Å². The highest BCUT2D eigenvalue weighted by atomic mass is 19.4. The molecule has 2 aromatic heterocycles. The Kier molecular flexibility index (Phi) is 7.62. The predicted octanol–water partition coefficient (Wildman–Crippen LogP) is 5.70. The maximum absolute atomic E-state index is 13.9. The van der Waals surface area contributed by atoms with Crippen molar-refractivity contribution in [3.05, 3.63) is 47.0 Å². The number of carbonyl (C=O) groups is 1. The maximum Gasteiger partial charge on any atom is 0.411 e. The Hall–Kier alpha value is -3.35. The first-order chi connectivity index (χ1) is 17.4. The van der Waals surface area contributed by atoms with Gasteiger partial charge in [-0.2, -0.15) is 13.2 Å². The molecule has 8 nitrogen and oxygen atoms in total. The molecule has 1 atom stereocenters. The fraction of sp³-hybridized carbons (Fsp3) is 0.500. The Morgan fingerprint density at radius 1 is 1.24 bits per heavy atom. The number of ether oxygens (including phenoxy) is 1. The molecule has 1 N–H and O–H groups in total. The molecule has 0 aliphatic heterocycles. The summed E-state index contributed by atoms with van der Waals surface area (Å²) in [6, 6.07) is 3.62. The lowest BCUT2D eigenvalue weighted by molar-refractivity contribution is -0.188. The molecule has 1 fully saturated rings. The number of aromatic nitrogens is 4. The lowest BCUT2D eigenvalue weighted by atomic mass is 10.1. The number of nitrogens with one attached hydrogen (secondary N) is 1. The Balaban J connectivity index is 1.62. The summed E-state index contributed by atoms with van der Waals surface area (Å²) in [6.45, 7) is 3.68. The minimum Gasteiger partial charge on any atom is -0.361 e. The van der Waals surface area contributed by atoms with Crippen molar-refractivity contribution in [2.45, 2.75) is 64.8 Å². The van der Waals surface area contributed by atoms with Gasteiger partial charge in [0.05, 0.1) is 6.42 Å². The van der Waals surface area contributed by atoms with Crippen LogP contribution in [0.25, 0.3) is 11.5 Å². The molecule has 2 heterocycles. The fourth-order valence-electron chi connectivity index (χ4n) is 3.88. The molecule has 4 rings (SSSR count). The number of alkyl halides is 3. The number of carbonyl (C=O) groups excluding carboxylic acids is 1. The summed E-state index contributed by atoms with van der Waals surface area (Å²) in [5.74, 6) is -1.71. The molecule has 0 saturated heterocycles. The van der Waals surface area contributed by atoms with Crippen LogP contribution in [0.2, 0.25) is 0 Å². The molecular formula is C24H26F5N5O3. The van der Waals surface area contributed by atoms with Gasteiger partial charge in [-0.1, -0.05) is 19.0 Å². The van der Waals surface area contributed by atoms with Gasteiger partial charge < -0.3 is 19.1 Å². The van der Waals surface area contributed by atoms with E-state index in [4.69, 9.17) is 9.26 Å². The minimum atomic E-state index is -4.66. The van der Waals surface area contributed by atoms with E-state index in [1.165, 1.54) is 13.0 Å². The Morgan fingerprint density at radius 2 is 1.97 bits per heavy atom. The van der Waals surface area contributed by atoms with Crippen molar-refractivity contribution in [3.8, 4) is 11.5 Å². The summed E-state index contributed by atoms with van der Waals surface area (Å²) in [5, 5.41) is 14.7. The Bertz CT molecular complexity index is 1270. The lowest BCUT2D eigenvalue weighted by Crippen LogP contribution is -2.25. The largest absolute Gasteiger partial charge is 0.411 e. The summed E-state index contributed by atoms with van der Waals surface area (Å²) in [6.07, 6.45) is -4.54. The Labute approximate surface area is 209 Å². The molecule has 200 valence electrons. The van der Waals surface area contributed by atoms with Crippen LogP contribution in [0.3, 0.4) is 0 Å². The van der Waals surface area contributed by atoms with Gasteiger partial charge in [-0.15, -0.1) is 10.2 Å². The molecule has 3 aromatic rings. The van der Waals surface area contributed by atoms with Crippen LogP contribution in [0.1, 0.15) is 62.4 Å². The van der Waals surface area contributed by atoms with E-state index in [0.717, 1.165) is 18.9 Å². The third kappa shape index (κ3) is 6.51. The van der Waals surface area contributed by atoms with Gasteiger partial charge in [-0.3, -0.25) is 4.79 Å². The van der Waals surface area contributed by atoms with Crippen molar-refractivity contribution in [1.29, 1.82) is 0 Å². The molecule has 0 spiro atoms. The lowest BCUT2D eigenvalue weighted by Gasteiger charge is -2.20. The average molecular weight is 527 g/mol.